The highest BCUT2D eigenvalue weighted by Crippen LogP contribution is 1.87. The number of thiol groups is 1. The first-order chi connectivity index (χ1) is 3.06. The maximum Gasteiger partial charge on any atom is 0.0292 e. The topological polar surface area (TPSA) is 17.1 Å². The monoisotopic (exact) mass is 138 g/mol. The summed E-state index contributed by atoms with van der Waals surface area (Å²) < 4.78 is 10.7. The molecule has 7 heavy (non-hydrogen) atoms. The summed E-state index contributed by atoms with van der Waals surface area (Å²) in [4.78, 5) is 0. The van der Waals surface area contributed by atoms with Crippen LogP contribution in [-0.2, 0) is 9.93 Å². The second-order valence-corrected chi connectivity index (χ2v) is 5.77. The van der Waals surface area contributed by atoms with Crippen LogP contribution in [-0.4, -0.2) is 27.8 Å². The molecule has 0 amide bonds. The highest BCUT2D eigenvalue weighted by molar-refractivity contribution is 8.03. The van der Waals surface area contributed by atoms with Gasteiger partial charge in [-0.15, -0.1) is 9.93 Å². The standard InChI is InChI=1S/C4H10OS2/c1-7(2,5)4-3-6/h3,7H,4H2,1-2H3. The van der Waals surface area contributed by atoms with Gasteiger partial charge in [-0.05, 0) is 17.9 Å². The molecule has 0 bridgehead atoms. The molecule has 0 radical (unpaired) electrons. The molecular weight excluding hydrogens is 128 g/mol. The van der Waals surface area contributed by atoms with E-state index in [9.17, 15) is 4.21 Å². The van der Waals surface area contributed by atoms with Crippen LogP contribution in [0.2, 0.25) is 0 Å². The lowest BCUT2D eigenvalue weighted by Crippen LogP contribution is -2.11. The van der Waals surface area contributed by atoms with E-state index in [2.05, 4.69) is 12.2 Å². The molecule has 0 saturated heterocycles. The van der Waals surface area contributed by atoms with Crippen LogP contribution in [0.4, 0.5) is 0 Å². The van der Waals surface area contributed by atoms with Crippen molar-refractivity contribution in [3.63, 3.8) is 0 Å². The summed E-state index contributed by atoms with van der Waals surface area (Å²) >= 11 is 4.50. The highest BCUT2D eigenvalue weighted by atomic mass is 32.2. The Hall–Kier alpha value is 0.240. The summed E-state index contributed by atoms with van der Waals surface area (Å²) in [7, 11) is -1.83. The van der Waals surface area contributed by atoms with Crippen LogP contribution in [0.5, 0.6) is 0 Å². The van der Waals surface area contributed by atoms with Crippen LogP contribution >= 0.6 is 12.2 Å². The van der Waals surface area contributed by atoms with Crippen molar-refractivity contribution in [2.75, 3.05) is 18.3 Å². The third kappa shape index (κ3) is 6.24. The van der Waals surface area contributed by atoms with Gasteiger partial charge in [-0.2, -0.15) is 0 Å². The molecule has 44 valence electrons. The van der Waals surface area contributed by atoms with E-state index in [1.807, 2.05) is 0 Å². The van der Waals surface area contributed by atoms with E-state index < -0.39 is 9.93 Å². The summed E-state index contributed by atoms with van der Waals surface area (Å²) in [6.07, 6.45) is 3.46. The molecule has 0 aliphatic heterocycles. The van der Waals surface area contributed by atoms with Gasteiger partial charge in [-0.3, -0.25) is 4.21 Å². The van der Waals surface area contributed by atoms with E-state index in [1.165, 1.54) is 5.37 Å². The number of rotatable bonds is 2. The summed E-state index contributed by atoms with van der Waals surface area (Å²) in [5.41, 5.74) is 0. The molecule has 0 heterocycles. The van der Waals surface area contributed by atoms with Crippen molar-refractivity contribution in [2.24, 2.45) is 0 Å². The Morgan fingerprint density at radius 3 is 2.14 bits per heavy atom. The predicted molar refractivity (Wildman–Crippen MR) is 39.9 cm³/mol. The zero-order chi connectivity index (χ0) is 5.91. The Labute approximate surface area is 50.5 Å². The van der Waals surface area contributed by atoms with Crippen molar-refractivity contribution >= 4 is 27.5 Å². The van der Waals surface area contributed by atoms with E-state index >= 15 is 0 Å². The summed E-state index contributed by atoms with van der Waals surface area (Å²) in [6.45, 7) is 0. The lowest BCUT2D eigenvalue weighted by Gasteiger charge is -2.04. The van der Waals surface area contributed by atoms with Gasteiger partial charge in [0.25, 0.3) is 0 Å². The molecule has 0 unspecified atom stereocenters. The summed E-state index contributed by atoms with van der Waals surface area (Å²) in [5, 5.41) is 1.53. The first kappa shape index (κ1) is 7.24. The number of thiocarbonyl (C=S) groups is 1. The lowest BCUT2D eigenvalue weighted by molar-refractivity contribution is 0.681. The first-order valence-corrected chi connectivity index (χ1v) is 5.30. The fraction of sp³-hybridized carbons (Fsp3) is 0.750. The molecule has 0 N–H and O–H groups in total. The molecule has 0 aromatic carbocycles. The molecule has 0 aliphatic rings. The second-order valence-electron chi connectivity index (χ2n) is 1.92. The molecule has 3 heteroatoms. The van der Waals surface area contributed by atoms with E-state index in [-0.39, 0.29) is 0 Å². The maximum atomic E-state index is 10.7. The molecule has 0 aliphatic carbocycles. The fourth-order valence-electron chi connectivity index (χ4n) is 0.180. The van der Waals surface area contributed by atoms with E-state index in [0.29, 0.717) is 5.75 Å². The predicted octanol–water partition coefficient (Wildman–Crippen LogP) is 0.262. The van der Waals surface area contributed by atoms with Gasteiger partial charge < -0.3 is 0 Å². The molecule has 0 aromatic rings. The molecule has 0 saturated carbocycles. The third-order valence-corrected chi connectivity index (χ3v) is 1.99. The molecule has 0 fully saturated rings. The summed E-state index contributed by atoms with van der Waals surface area (Å²) in [5.74, 6) is 0.586. The van der Waals surface area contributed by atoms with Crippen molar-refractivity contribution in [3.05, 3.63) is 0 Å². The van der Waals surface area contributed by atoms with Crippen LogP contribution in [0, 0.1) is 0 Å². The van der Waals surface area contributed by atoms with Gasteiger partial charge in [0.2, 0.25) is 0 Å². The zero-order valence-electron chi connectivity index (χ0n) is 4.55. The Morgan fingerprint density at radius 2 is 2.14 bits per heavy atom. The average Bonchev–Trinajstić information content (AvgIpc) is 1.30. The van der Waals surface area contributed by atoms with Crippen molar-refractivity contribution in [1.29, 1.82) is 0 Å². The number of hydrogen-bond acceptors (Lipinski definition) is 2. The van der Waals surface area contributed by atoms with Crippen LogP contribution in [0.25, 0.3) is 0 Å². The van der Waals surface area contributed by atoms with Crippen LogP contribution in [0.1, 0.15) is 0 Å². The van der Waals surface area contributed by atoms with Crippen LogP contribution in [0.15, 0.2) is 0 Å². The quantitative estimate of drug-likeness (QED) is 0.435. The Balaban J connectivity index is 3.57. The van der Waals surface area contributed by atoms with E-state index in [1.54, 1.807) is 12.5 Å². The minimum atomic E-state index is -1.83. The SMILES string of the molecule is C[SH](C)(=O)CC=S. The molecule has 0 spiro atoms. The minimum absolute atomic E-state index is 0.586. The lowest BCUT2D eigenvalue weighted by atomic mass is 11.0. The van der Waals surface area contributed by atoms with Gasteiger partial charge in [0.15, 0.2) is 0 Å². The van der Waals surface area contributed by atoms with Crippen molar-refractivity contribution < 1.29 is 4.21 Å². The van der Waals surface area contributed by atoms with Crippen molar-refractivity contribution in [2.45, 2.75) is 0 Å². The van der Waals surface area contributed by atoms with Crippen LogP contribution in [0.3, 0.4) is 0 Å². The van der Waals surface area contributed by atoms with Gasteiger partial charge in [-0.1, -0.05) is 12.2 Å². The maximum absolute atomic E-state index is 10.7. The zero-order valence-corrected chi connectivity index (χ0v) is 6.26. The van der Waals surface area contributed by atoms with E-state index in [4.69, 9.17) is 0 Å². The molecule has 0 aromatic heterocycles. The Morgan fingerprint density at radius 1 is 1.71 bits per heavy atom. The highest BCUT2D eigenvalue weighted by Gasteiger charge is 1.93. The Bertz CT molecular complexity index is 102. The first-order valence-electron chi connectivity index (χ1n) is 2.04. The molecule has 0 atom stereocenters. The summed E-state index contributed by atoms with van der Waals surface area (Å²) in [6, 6.07) is 0. The molecule has 1 nitrogen and oxygen atoms in total. The van der Waals surface area contributed by atoms with Gasteiger partial charge in [-0.25, -0.2) is 0 Å². The number of hydrogen-bond donors (Lipinski definition) is 1. The third-order valence-electron chi connectivity index (χ3n) is 0.514. The largest absolute Gasteiger partial charge is 0.285 e. The van der Waals surface area contributed by atoms with Gasteiger partial charge in [0, 0.05) is 5.75 Å². The second kappa shape index (κ2) is 2.52. The molecule has 0 rings (SSSR count). The van der Waals surface area contributed by atoms with Crippen LogP contribution < -0.4 is 0 Å². The minimum Gasteiger partial charge on any atom is -0.285 e. The smallest absolute Gasteiger partial charge is 0.0292 e. The van der Waals surface area contributed by atoms with Crippen molar-refractivity contribution in [1.82, 2.24) is 0 Å². The van der Waals surface area contributed by atoms with Gasteiger partial charge in [0.05, 0.1) is 0 Å². The fourth-order valence-corrected chi connectivity index (χ4v) is 1.62. The normalized spacial score (nSPS) is 13.4. The molecular formula is C4H10OS2. The average molecular weight is 138 g/mol. The van der Waals surface area contributed by atoms with Crippen molar-refractivity contribution in [3.8, 4) is 0 Å². The Kier molecular flexibility index (Phi) is 2.61. The van der Waals surface area contributed by atoms with Gasteiger partial charge >= 0.3 is 0 Å². The van der Waals surface area contributed by atoms with Gasteiger partial charge in [0.1, 0.15) is 0 Å². The van der Waals surface area contributed by atoms with E-state index in [0.717, 1.165) is 0 Å².